The average molecular weight is 275 g/mol. The summed E-state index contributed by atoms with van der Waals surface area (Å²) in [6.45, 7) is 8.28. The van der Waals surface area contributed by atoms with E-state index in [2.05, 4.69) is 73.4 Å². The molecule has 1 aliphatic heterocycles. The molecule has 1 aromatic rings. The van der Waals surface area contributed by atoms with Crippen LogP contribution < -0.4 is 5.32 Å². The fraction of sp³-hybridized carbons (Fsp3) is 0.647. The summed E-state index contributed by atoms with van der Waals surface area (Å²) in [6, 6.07) is 12.3. The third kappa shape index (κ3) is 3.60. The van der Waals surface area contributed by atoms with Crippen molar-refractivity contribution in [2.45, 2.75) is 38.4 Å². The lowest BCUT2D eigenvalue weighted by Gasteiger charge is -2.38. The van der Waals surface area contributed by atoms with Gasteiger partial charge in [-0.05, 0) is 46.5 Å². The average Bonchev–Trinajstić information content (AvgIpc) is 2.61. The van der Waals surface area contributed by atoms with E-state index in [1.165, 1.54) is 25.1 Å². The molecule has 1 fully saturated rings. The first kappa shape index (κ1) is 15.5. The van der Waals surface area contributed by atoms with Gasteiger partial charge in [0.15, 0.2) is 0 Å². The Labute approximate surface area is 124 Å². The van der Waals surface area contributed by atoms with Gasteiger partial charge in [0.25, 0.3) is 0 Å². The summed E-state index contributed by atoms with van der Waals surface area (Å²) in [5.41, 5.74) is 1.38. The zero-order valence-electron chi connectivity index (χ0n) is 13.3. The second-order valence-electron chi connectivity index (χ2n) is 6.12. The van der Waals surface area contributed by atoms with Crippen molar-refractivity contribution in [3.05, 3.63) is 35.9 Å². The van der Waals surface area contributed by atoms with Gasteiger partial charge >= 0.3 is 0 Å². The lowest BCUT2D eigenvalue weighted by molar-refractivity contribution is 0.126. The van der Waals surface area contributed by atoms with Gasteiger partial charge in [0, 0.05) is 31.2 Å². The van der Waals surface area contributed by atoms with Gasteiger partial charge in [0.05, 0.1) is 0 Å². The van der Waals surface area contributed by atoms with Crippen LogP contribution in [0.25, 0.3) is 0 Å². The molecule has 0 aliphatic carbocycles. The summed E-state index contributed by atoms with van der Waals surface area (Å²) in [7, 11) is 4.31. The Kier molecular flexibility index (Phi) is 5.58. The van der Waals surface area contributed by atoms with E-state index in [1.54, 1.807) is 0 Å². The SMILES string of the molecule is CNC(c1ccccc1)C(C)N1CCCN(C)CC1C. The lowest BCUT2D eigenvalue weighted by atomic mass is 9.98. The standard InChI is InChI=1S/C17H29N3/c1-14-13-19(4)11-8-12-20(14)15(2)17(18-3)16-9-6-5-7-10-16/h5-7,9-10,14-15,17-18H,8,11-13H2,1-4H3. The van der Waals surface area contributed by atoms with Crippen LogP contribution in [0.5, 0.6) is 0 Å². The Morgan fingerprint density at radius 1 is 1.20 bits per heavy atom. The molecule has 1 aliphatic rings. The third-order valence-corrected chi connectivity index (χ3v) is 4.57. The van der Waals surface area contributed by atoms with Crippen LogP contribution in [0.4, 0.5) is 0 Å². The minimum atomic E-state index is 0.391. The number of nitrogens with one attached hydrogen (secondary N) is 1. The molecule has 3 nitrogen and oxygen atoms in total. The number of rotatable bonds is 4. The molecule has 0 spiro atoms. The van der Waals surface area contributed by atoms with Crippen molar-refractivity contribution in [2.24, 2.45) is 0 Å². The Hall–Kier alpha value is -0.900. The van der Waals surface area contributed by atoms with E-state index in [4.69, 9.17) is 0 Å². The van der Waals surface area contributed by atoms with E-state index in [0.717, 1.165) is 6.54 Å². The highest BCUT2D eigenvalue weighted by Crippen LogP contribution is 2.23. The molecule has 1 heterocycles. The van der Waals surface area contributed by atoms with Gasteiger partial charge in [-0.1, -0.05) is 30.3 Å². The van der Waals surface area contributed by atoms with E-state index in [-0.39, 0.29) is 0 Å². The van der Waals surface area contributed by atoms with Gasteiger partial charge in [0.1, 0.15) is 0 Å². The Bertz CT molecular complexity index is 392. The van der Waals surface area contributed by atoms with Crippen LogP contribution in [0.1, 0.15) is 31.9 Å². The second-order valence-corrected chi connectivity index (χ2v) is 6.12. The highest BCUT2D eigenvalue weighted by molar-refractivity contribution is 5.20. The maximum absolute atomic E-state index is 3.51. The van der Waals surface area contributed by atoms with Gasteiger partial charge in [-0.15, -0.1) is 0 Å². The van der Waals surface area contributed by atoms with Crippen molar-refractivity contribution in [1.82, 2.24) is 15.1 Å². The minimum absolute atomic E-state index is 0.391. The molecule has 0 radical (unpaired) electrons. The number of hydrogen-bond acceptors (Lipinski definition) is 3. The van der Waals surface area contributed by atoms with E-state index in [1.807, 2.05) is 0 Å². The summed E-state index contributed by atoms with van der Waals surface area (Å²) in [5, 5.41) is 3.51. The van der Waals surface area contributed by atoms with E-state index in [9.17, 15) is 0 Å². The number of benzene rings is 1. The molecule has 3 heteroatoms. The van der Waals surface area contributed by atoms with Crippen LogP contribution in [0.15, 0.2) is 30.3 Å². The van der Waals surface area contributed by atoms with Crippen LogP contribution in [0.2, 0.25) is 0 Å². The maximum atomic E-state index is 3.51. The topological polar surface area (TPSA) is 18.5 Å². The third-order valence-electron chi connectivity index (χ3n) is 4.57. The summed E-state index contributed by atoms with van der Waals surface area (Å²) >= 11 is 0. The van der Waals surface area contributed by atoms with Gasteiger partial charge in [0.2, 0.25) is 0 Å². The first-order chi connectivity index (χ1) is 9.63. The summed E-state index contributed by atoms with van der Waals surface area (Å²) in [4.78, 5) is 5.12. The summed E-state index contributed by atoms with van der Waals surface area (Å²) in [5.74, 6) is 0. The molecule has 0 amide bonds. The first-order valence-corrected chi connectivity index (χ1v) is 7.80. The van der Waals surface area contributed by atoms with Crippen molar-refractivity contribution in [1.29, 1.82) is 0 Å². The molecule has 20 heavy (non-hydrogen) atoms. The van der Waals surface area contributed by atoms with Crippen LogP contribution in [0.3, 0.4) is 0 Å². The minimum Gasteiger partial charge on any atom is -0.312 e. The molecule has 112 valence electrons. The number of nitrogens with zero attached hydrogens (tertiary/aromatic N) is 2. The van der Waals surface area contributed by atoms with E-state index in [0.29, 0.717) is 18.1 Å². The lowest BCUT2D eigenvalue weighted by Crippen LogP contribution is -2.48. The molecule has 0 aromatic heterocycles. The van der Waals surface area contributed by atoms with E-state index >= 15 is 0 Å². The van der Waals surface area contributed by atoms with Gasteiger partial charge < -0.3 is 10.2 Å². The quantitative estimate of drug-likeness (QED) is 0.910. The van der Waals surface area contributed by atoms with Crippen molar-refractivity contribution in [3.8, 4) is 0 Å². The van der Waals surface area contributed by atoms with Gasteiger partial charge in [-0.25, -0.2) is 0 Å². The Balaban J connectivity index is 2.13. The Morgan fingerprint density at radius 3 is 2.55 bits per heavy atom. The zero-order chi connectivity index (χ0) is 14.5. The molecule has 0 saturated carbocycles. The molecule has 3 atom stereocenters. The highest BCUT2D eigenvalue weighted by Gasteiger charge is 2.29. The van der Waals surface area contributed by atoms with E-state index < -0.39 is 0 Å². The highest BCUT2D eigenvalue weighted by atomic mass is 15.3. The fourth-order valence-electron chi connectivity index (χ4n) is 3.53. The summed E-state index contributed by atoms with van der Waals surface area (Å²) < 4.78 is 0. The smallest absolute Gasteiger partial charge is 0.0473 e. The van der Waals surface area contributed by atoms with Crippen LogP contribution in [-0.4, -0.2) is 55.6 Å². The second kappa shape index (κ2) is 7.21. The number of likely N-dealkylation sites (N-methyl/N-ethyl adjacent to an activating group) is 2. The van der Waals surface area contributed by atoms with Crippen molar-refractivity contribution < 1.29 is 0 Å². The predicted octanol–water partition coefficient (Wildman–Crippen LogP) is 2.36. The van der Waals surface area contributed by atoms with Crippen LogP contribution in [-0.2, 0) is 0 Å². The van der Waals surface area contributed by atoms with Crippen LogP contribution >= 0.6 is 0 Å². The van der Waals surface area contributed by atoms with Crippen molar-refractivity contribution in [2.75, 3.05) is 33.7 Å². The molecule has 2 rings (SSSR count). The van der Waals surface area contributed by atoms with Crippen molar-refractivity contribution >= 4 is 0 Å². The van der Waals surface area contributed by atoms with Gasteiger partial charge in [-0.2, -0.15) is 0 Å². The molecule has 1 N–H and O–H groups in total. The molecule has 1 aromatic carbocycles. The Morgan fingerprint density at radius 2 is 1.90 bits per heavy atom. The number of hydrogen-bond donors (Lipinski definition) is 1. The largest absolute Gasteiger partial charge is 0.312 e. The molecule has 1 saturated heterocycles. The fourth-order valence-corrected chi connectivity index (χ4v) is 3.53. The monoisotopic (exact) mass is 275 g/mol. The first-order valence-electron chi connectivity index (χ1n) is 7.80. The molecule has 3 unspecified atom stereocenters. The maximum Gasteiger partial charge on any atom is 0.0473 e. The zero-order valence-corrected chi connectivity index (χ0v) is 13.3. The summed E-state index contributed by atoms with van der Waals surface area (Å²) in [6.07, 6.45) is 1.26. The van der Waals surface area contributed by atoms with Crippen molar-refractivity contribution in [3.63, 3.8) is 0 Å². The van der Waals surface area contributed by atoms with Crippen LogP contribution in [0, 0.1) is 0 Å². The predicted molar refractivity (Wildman–Crippen MR) is 86.0 cm³/mol. The normalized spacial score (nSPS) is 25.1. The molecule has 0 bridgehead atoms. The van der Waals surface area contributed by atoms with Gasteiger partial charge in [-0.3, -0.25) is 4.90 Å². The molecular weight excluding hydrogens is 246 g/mol. The molecular formula is C17H29N3.